The predicted molar refractivity (Wildman–Crippen MR) is 118 cm³/mol. The highest BCUT2D eigenvalue weighted by molar-refractivity contribution is 7.89. The molecule has 0 radical (unpaired) electrons. The number of ether oxygens (including phenoxy) is 1. The van der Waals surface area contributed by atoms with Crippen LogP contribution in [0.3, 0.4) is 0 Å². The molecule has 4 rings (SSSR count). The fourth-order valence-electron chi connectivity index (χ4n) is 3.10. The molecule has 2 aromatic heterocycles. The van der Waals surface area contributed by atoms with Crippen molar-refractivity contribution in [2.24, 2.45) is 0 Å². The van der Waals surface area contributed by atoms with Crippen molar-refractivity contribution < 1.29 is 17.5 Å². The standard InChI is InChI=1S/C21H21FN4O3S2/c1-29-19-7-5-15(6-8-19)10-12-31(27,28)23-11-9-18-14-30-21-24-20(25-26(18)21)16-3-2-4-17(22)13-16/h2-8,13-14,23H,9-12H2,1H3. The Morgan fingerprint density at radius 3 is 2.71 bits per heavy atom. The molecule has 0 fully saturated rings. The molecule has 0 bridgehead atoms. The summed E-state index contributed by atoms with van der Waals surface area (Å²) >= 11 is 1.41. The summed E-state index contributed by atoms with van der Waals surface area (Å²) in [4.78, 5) is 5.11. The van der Waals surface area contributed by atoms with E-state index in [-0.39, 0.29) is 18.1 Å². The van der Waals surface area contributed by atoms with Crippen LogP contribution >= 0.6 is 11.3 Å². The molecule has 0 aliphatic rings. The second-order valence-electron chi connectivity index (χ2n) is 6.93. The first-order chi connectivity index (χ1) is 14.9. The molecule has 7 nitrogen and oxygen atoms in total. The van der Waals surface area contributed by atoms with Crippen molar-refractivity contribution >= 4 is 26.3 Å². The molecule has 1 N–H and O–H groups in total. The Balaban J connectivity index is 1.35. The van der Waals surface area contributed by atoms with E-state index in [1.54, 1.807) is 23.8 Å². The molecular weight excluding hydrogens is 439 g/mol. The lowest BCUT2D eigenvalue weighted by atomic mass is 10.2. The number of aryl methyl sites for hydroxylation is 1. The number of nitrogens with one attached hydrogen (secondary N) is 1. The van der Waals surface area contributed by atoms with E-state index in [9.17, 15) is 12.8 Å². The third kappa shape index (κ3) is 5.27. The van der Waals surface area contributed by atoms with E-state index in [1.807, 2.05) is 29.6 Å². The van der Waals surface area contributed by atoms with Crippen LogP contribution in [-0.2, 0) is 22.9 Å². The number of nitrogens with zero attached hydrogens (tertiary/aromatic N) is 3. The number of aromatic nitrogens is 3. The monoisotopic (exact) mass is 460 g/mol. The predicted octanol–water partition coefficient (Wildman–Crippen LogP) is 3.31. The fourth-order valence-corrected chi connectivity index (χ4v) is 5.02. The number of sulfonamides is 1. The van der Waals surface area contributed by atoms with Crippen molar-refractivity contribution in [3.8, 4) is 17.1 Å². The molecule has 0 aliphatic heterocycles. The summed E-state index contributed by atoms with van der Waals surface area (Å²) in [5.74, 6) is 0.832. The van der Waals surface area contributed by atoms with Crippen LogP contribution in [-0.4, -0.2) is 42.4 Å². The lowest BCUT2D eigenvalue weighted by Crippen LogP contribution is -2.29. The van der Waals surface area contributed by atoms with Gasteiger partial charge in [0.2, 0.25) is 15.0 Å². The zero-order valence-corrected chi connectivity index (χ0v) is 18.4. The number of benzene rings is 2. The van der Waals surface area contributed by atoms with Crippen LogP contribution in [0.15, 0.2) is 53.9 Å². The Hall–Kier alpha value is -2.82. The van der Waals surface area contributed by atoms with Crippen LogP contribution in [0.4, 0.5) is 4.39 Å². The number of halogens is 1. The van der Waals surface area contributed by atoms with E-state index in [1.165, 1.54) is 23.5 Å². The van der Waals surface area contributed by atoms with E-state index < -0.39 is 10.0 Å². The van der Waals surface area contributed by atoms with Crippen molar-refractivity contribution in [1.29, 1.82) is 0 Å². The van der Waals surface area contributed by atoms with E-state index in [0.29, 0.717) is 29.2 Å². The van der Waals surface area contributed by atoms with Gasteiger partial charge in [-0.15, -0.1) is 16.4 Å². The van der Waals surface area contributed by atoms with Crippen LogP contribution in [0.25, 0.3) is 16.3 Å². The zero-order valence-electron chi connectivity index (χ0n) is 16.8. The molecule has 0 atom stereocenters. The number of hydrogen-bond acceptors (Lipinski definition) is 6. The quantitative estimate of drug-likeness (QED) is 0.414. The maximum atomic E-state index is 13.5. The highest BCUT2D eigenvalue weighted by atomic mass is 32.2. The zero-order chi connectivity index (χ0) is 21.8. The highest BCUT2D eigenvalue weighted by Gasteiger charge is 2.14. The normalized spacial score (nSPS) is 11.8. The van der Waals surface area contributed by atoms with Crippen LogP contribution in [0.2, 0.25) is 0 Å². The lowest BCUT2D eigenvalue weighted by Gasteiger charge is -2.07. The first-order valence-electron chi connectivity index (χ1n) is 9.63. The molecule has 0 aliphatic carbocycles. The van der Waals surface area contributed by atoms with Crippen molar-refractivity contribution in [3.63, 3.8) is 0 Å². The second-order valence-corrected chi connectivity index (χ2v) is 9.69. The summed E-state index contributed by atoms with van der Waals surface area (Å²) in [5, 5.41) is 6.35. The smallest absolute Gasteiger partial charge is 0.212 e. The van der Waals surface area contributed by atoms with E-state index >= 15 is 0 Å². The molecule has 2 heterocycles. The number of rotatable bonds is 9. The van der Waals surface area contributed by atoms with E-state index in [2.05, 4.69) is 14.8 Å². The van der Waals surface area contributed by atoms with Gasteiger partial charge < -0.3 is 4.74 Å². The van der Waals surface area contributed by atoms with Crippen molar-refractivity contribution in [2.75, 3.05) is 19.4 Å². The van der Waals surface area contributed by atoms with Crippen LogP contribution < -0.4 is 9.46 Å². The van der Waals surface area contributed by atoms with Crippen LogP contribution in [0.5, 0.6) is 5.75 Å². The molecule has 0 amide bonds. The second kappa shape index (κ2) is 9.13. The van der Waals surface area contributed by atoms with Gasteiger partial charge in [0.25, 0.3) is 0 Å². The largest absolute Gasteiger partial charge is 0.497 e. The maximum absolute atomic E-state index is 13.5. The third-order valence-electron chi connectivity index (χ3n) is 4.75. The molecule has 0 spiro atoms. The summed E-state index contributed by atoms with van der Waals surface area (Å²) in [6.45, 7) is 0.256. The van der Waals surface area contributed by atoms with Gasteiger partial charge in [-0.1, -0.05) is 24.3 Å². The van der Waals surface area contributed by atoms with Gasteiger partial charge in [0, 0.05) is 23.9 Å². The van der Waals surface area contributed by atoms with Crippen molar-refractivity contribution in [3.05, 3.63) is 71.0 Å². The minimum absolute atomic E-state index is 0.00538. The average molecular weight is 461 g/mol. The van der Waals surface area contributed by atoms with Gasteiger partial charge in [-0.05, 0) is 36.2 Å². The number of thiazole rings is 1. The Labute approximate surface area is 183 Å². The molecule has 2 aromatic carbocycles. The molecule has 0 saturated heterocycles. The highest BCUT2D eigenvalue weighted by Crippen LogP contribution is 2.21. The van der Waals surface area contributed by atoms with Crippen LogP contribution in [0.1, 0.15) is 11.3 Å². The first-order valence-corrected chi connectivity index (χ1v) is 12.2. The molecule has 0 unspecified atom stereocenters. The van der Waals surface area contributed by atoms with Crippen molar-refractivity contribution in [1.82, 2.24) is 19.3 Å². The Kier molecular flexibility index (Phi) is 6.30. The molecule has 0 saturated carbocycles. The fraction of sp³-hybridized carbons (Fsp3) is 0.238. The van der Waals surface area contributed by atoms with Gasteiger partial charge in [-0.2, -0.15) is 4.98 Å². The lowest BCUT2D eigenvalue weighted by molar-refractivity contribution is 0.414. The minimum atomic E-state index is -3.41. The van der Waals surface area contributed by atoms with E-state index in [0.717, 1.165) is 17.0 Å². The van der Waals surface area contributed by atoms with Gasteiger partial charge in [-0.25, -0.2) is 22.0 Å². The summed E-state index contributed by atoms with van der Waals surface area (Å²) in [5.41, 5.74) is 2.37. The molecule has 31 heavy (non-hydrogen) atoms. The van der Waals surface area contributed by atoms with E-state index in [4.69, 9.17) is 4.74 Å². The third-order valence-corrected chi connectivity index (χ3v) is 7.00. The van der Waals surface area contributed by atoms with Gasteiger partial charge in [0.15, 0.2) is 5.82 Å². The van der Waals surface area contributed by atoms with Crippen LogP contribution in [0, 0.1) is 5.82 Å². The summed E-state index contributed by atoms with van der Waals surface area (Å²) in [6, 6.07) is 13.5. The Morgan fingerprint density at radius 1 is 1.16 bits per heavy atom. The van der Waals surface area contributed by atoms with Gasteiger partial charge in [0.1, 0.15) is 11.6 Å². The van der Waals surface area contributed by atoms with Gasteiger partial charge in [-0.3, -0.25) is 0 Å². The summed E-state index contributed by atoms with van der Waals surface area (Å²) in [7, 11) is -1.82. The first kappa shape index (κ1) is 21.4. The minimum Gasteiger partial charge on any atom is -0.497 e. The summed E-state index contributed by atoms with van der Waals surface area (Å²) < 4.78 is 47.6. The Morgan fingerprint density at radius 2 is 1.97 bits per heavy atom. The SMILES string of the molecule is COc1ccc(CCS(=O)(=O)NCCc2csc3nc(-c4cccc(F)c4)nn23)cc1. The van der Waals surface area contributed by atoms with Crippen molar-refractivity contribution in [2.45, 2.75) is 12.8 Å². The topological polar surface area (TPSA) is 85.6 Å². The molecular formula is C21H21FN4O3S2. The maximum Gasteiger partial charge on any atom is 0.212 e. The molecule has 10 heteroatoms. The average Bonchev–Trinajstić information content (AvgIpc) is 3.34. The van der Waals surface area contributed by atoms with Gasteiger partial charge >= 0.3 is 0 Å². The Bertz CT molecular complexity index is 1280. The molecule has 4 aromatic rings. The molecule has 162 valence electrons. The van der Waals surface area contributed by atoms with Gasteiger partial charge in [0.05, 0.1) is 18.6 Å². The number of methoxy groups -OCH3 is 1. The summed E-state index contributed by atoms with van der Waals surface area (Å²) in [6.07, 6.45) is 0.885. The number of hydrogen-bond donors (Lipinski definition) is 1. The number of fused-ring (bicyclic) bond motifs is 1.